The SMILES string of the molecule is COCc1cccc(CC(C)(C)N)c1. The van der Waals surface area contributed by atoms with Gasteiger partial charge in [-0.2, -0.15) is 0 Å². The average molecular weight is 193 g/mol. The van der Waals surface area contributed by atoms with Gasteiger partial charge in [0.05, 0.1) is 6.61 Å². The van der Waals surface area contributed by atoms with Gasteiger partial charge in [-0.15, -0.1) is 0 Å². The van der Waals surface area contributed by atoms with Gasteiger partial charge in [-0.3, -0.25) is 0 Å². The van der Waals surface area contributed by atoms with Crippen molar-refractivity contribution < 1.29 is 4.74 Å². The summed E-state index contributed by atoms with van der Waals surface area (Å²) in [5.41, 5.74) is 8.29. The zero-order chi connectivity index (χ0) is 10.6. The molecule has 0 unspecified atom stereocenters. The monoisotopic (exact) mass is 193 g/mol. The molecule has 2 heteroatoms. The molecule has 1 aromatic carbocycles. The summed E-state index contributed by atoms with van der Waals surface area (Å²) in [5, 5.41) is 0. The van der Waals surface area contributed by atoms with Crippen LogP contribution in [0.25, 0.3) is 0 Å². The van der Waals surface area contributed by atoms with Gasteiger partial charge in [-0.1, -0.05) is 24.3 Å². The van der Waals surface area contributed by atoms with Crippen LogP contribution in [0.4, 0.5) is 0 Å². The van der Waals surface area contributed by atoms with E-state index in [1.54, 1.807) is 7.11 Å². The summed E-state index contributed by atoms with van der Waals surface area (Å²) in [5.74, 6) is 0. The maximum Gasteiger partial charge on any atom is 0.0713 e. The molecule has 0 saturated carbocycles. The second kappa shape index (κ2) is 4.58. The molecule has 0 aliphatic heterocycles. The topological polar surface area (TPSA) is 35.2 Å². The third-order valence-corrected chi connectivity index (χ3v) is 1.96. The third-order valence-electron chi connectivity index (χ3n) is 1.96. The fourth-order valence-electron chi connectivity index (χ4n) is 1.52. The minimum Gasteiger partial charge on any atom is -0.380 e. The van der Waals surface area contributed by atoms with Crippen molar-refractivity contribution in [2.75, 3.05) is 7.11 Å². The maximum absolute atomic E-state index is 5.96. The van der Waals surface area contributed by atoms with Gasteiger partial charge in [0.2, 0.25) is 0 Å². The molecule has 0 atom stereocenters. The van der Waals surface area contributed by atoms with Crippen LogP contribution in [-0.2, 0) is 17.8 Å². The lowest BCUT2D eigenvalue weighted by molar-refractivity contribution is 0.185. The minimum absolute atomic E-state index is 0.147. The zero-order valence-electron chi connectivity index (χ0n) is 9.21. The molecule has 0 amide bonds. The summed E-state index contributed by atoms with van der Waals surface area (Å²) in [7, 11) is 1.71. The number of rotatable bonds is 4. The molecule has 0 bridgehead atoms. The van der Waals surface area contributed by atoms with Crippen molar-refractivity contribution in [3.05, 3.63) is 35.4 Å². The molecule has 0 heterocycles. The van der Waals surface area contributed by atoms with E-state index in [9.17, 15) is 0 Å². The molecule has 1 aromatic rings. The number of ether oxygens (including phenoxy) is 1. The van der Waals surface area contributed by atoms with E-state index in [4.69, 9.17) is 10.5 Å². The zero-order valence-corrected chi connectivity index (χ0v) is 9.21. The normalized spacial score (nSPS) is 11.7. The Hall–Kier alpha value is -0.860. The number of methoxy groups -OCH3 is 1. The van der Waals surface area contributed by atoms with Crippen molar-refractivity contribution in [1.29, 1.82) is 0 Å². The van der Waals surface area contributed by atoms with Crippen LogP contribution in [0.2, 0.25) is 0 Å². The third kappa shape index (κ3) is 3.90. The summed E-state index contributed by atoms with van der Waals surface area (Å²) in [6.45, 7) is 4.74. The van der Waals surface area contributed by atoms with Crippen LogP contribution >= 0.6 is 0 Å². The molecule has 14 heavy (non-hydrogen) atoms. The van der Waals surface area contributed by atoms with Gasteiger partial charge in [-0.05, 0) is 31.4 Å². The first-order valence-corrected chi connectivity index (χ1v) is 4.87. The average Bonchev–Trinajstić information content (AvgIpc) is 2.02. The quantitative estimate of drug-likeness (QED) is 0.795. The number of benzene rings is 1. The van der Waals surface area contributed by atoms with E-state index in [1.807, 2.05) is 13.8 Å². The van der Waals surface area contributed by atoms with E-state index in [0.29, 0.717) is 6.61 Å². The molecule has 0 aliphatic carbocycles. The van der Waals surface area contributed by atoms with E-state index in [2.05, 4.69) is 24.3 Å². The second-order valence-electron chi connectivity index (χ2n) is 4.42. The fraction of sp³-hybridized carbons (Fsp3) is 0.500. The Morgan fingerprint density at radius 3 is 2.50 bits per heavy atom. The Bertz CT molecular complexity index is 289. The standard InChI is InChI=1S/C12H19NO/c1-12(2,13)8-10-5-4-6-11(7-10)9-14-3/h4-7H,8-9,13H2,1-3H3. The van der Waals surface area contributed by atoms with Crippen LogP contribution in [0.3, 0.4) is 0 Å². The molecule has 78 valence electrons. The predicted molar refractivity (Wildman–Crippen MR) is 59.1 cm³/mol. The van der Waals surface area contributed by atoms with Gasteiger partial charge >= 0.3 is 0 Å². The van der Waals surface area contributed by atoms with E-state index in [-0.39, 0.29) is 5.54 Å². The number of hydrogen-bond donors (Lipinski definition) is 1. The molecule has 2 N–H and O–H groups in total. The summed E-state index contributed by atoms with van der Waals surface area (Å²) in [4.78, 5) is 0. The van der Waals surface area contributed by atoms with Gasteiger partial charge in [0.15, 0.2) is 0 Å². The van der Waals surface area contributed by atoms with Gasteiger partial charge < -0.3 is 10.5 Å². The van der Waals surface area contributed by atoms with Crippen molar-refractivity contribution in [3.63, 3.8) is 0 Å². The van der Waals surface area contributed by atoms with Gasteiger partial charge in [0.25, 0.3) is 0 Å². The van der Waals surface area contributed by atoms with Gasteiger partial charge in [-0.25, -0.2) is 0 Å². The minimum atomic E-state index is -0.147. The molecule has 1 rings (SSSR count). The molecule has 0 spiro atoms. The van der Waals surface area contributed by atoms with E-state index >= 15 is 0 Å². The molecule has 0 radical (unpaired) electrons. The summed E-state index contributed by atoms with van der Waals surface area (Å²) >= 11 is 0. The Labute approximate surface area is 86.1 Å². The van der Waals surface area contributed by atoms with Crippen LogP contribution in [-0.4, -0.2) is 12.6 Å². The summed E-state index contributed by atoms with van der Waals surface area (Å²) < 4.78 is 5.08. The Balaban J connectivity index is 2.73. The number of hydrogen-bond acceptors (Lipinski definition) is 2. The van der Waals surface area contributed by atoms with Crippen LogP contribution < -0.4 is 5.73 Å². The van der Waals surface area contributed by atoms with Crippen LogP contribution in [0.15, 0.2) is 24.3 Å². The van der Waals surface area contributed by atoms with Gasteiger partial charge in [0, 0.05) is 12.6 Å². The summed E-state index contributed by atoms with van der Waals surface area (Å²) in [6.07, 6.45) is 0.893. The van der Waals surface area contributed by atoms with E-state index < -0.39 is 0 Å². The molecular weight excluding hydrogens is 174 g/mol. The highest BCUT2D eigenvalue weighted by molar-refractivity contribution is 5.24. The molecule has 0 fully saturated rings. The highest BCUT2D eigenvalue weighted by Crippen LogP contribution is 2.12. The summed E-state index contributed by atoms with van der Waals surface area (Å²) in [6, 6.07) is 8.37. The molecule has 2 nitrogen and oxygen atoms in total. The van der Waals surface area contributed by atoms with E-state index in [0.717, 1.165) is 6.42 Å². The highest BCUT2D eigenvalue weighted by Gasteiger charge is 2.11. The first kappa shape index (κ1) is 11.2. The Morgan fingerprint density at radius 2 is 1.93 bits per heavy atom. The highest BCUT2D eigenvalue weighted by atomic mass is 16.5. The maximum atomic E-state index is 5.96. The number of nitrogens with two attached hydrogens (primary N) is 1. The molecule has 0 saturated heterocycles. The van der Waals surface area contributed by atoms with Crippen molar-refractivity contribution in [3.8, 4) is 0 Å². The van der Waals surface area contributed by atoms with Crippen molar-refractivity contribution >= 4 is 0 Å². The Morgan fingerprint density at radius 1 is 1.29 bits per heavy atom. The molecule has 0 aliphatic rings. The van der Waals surface area contributed by atoms with Crippen molar-refractivity contribution in [2.45, 2.75) is 32.4 Å². The predicted octanol–water partition coefficient (Wildman–Crippen LogP) is 2.11. The lowest BCUT2D eigenvalue weighted by Gasteiger charge is -2.18. The van der Waals surface area contributed by atoms with Crippen molar-refractivity contribution in [1.82, 2.24) is 0 Å². The molecule has 0 aromatic heterocycles. The lowest BCUT2D eigenvalue weighted by atomic mass is 9.95. The van der Waals surface area contributed by atoms with Crippen LogP contribution in [0.1, 0.15) is 25.0 Å². The molecular formula is C12H19NO. The van der Waals surface area contributed by atoms with Crippen LogP contribution in [0.5, 0.6) is 0 Å². The first-order chi connectivity index (χ1) is 6.51. The first-order valence-electron chi connectivity index (χ1n) is 4.87. The Kier molecular flexibility index (Phi) is 3.67. The fourth-order valence-corrected chi connectivity index (χ4v) is 1.52. The van der Waals surface area contributed by atoms with Gasteiger partial charge in [0.1, 0.15) is 0 Å². The lowest BCUT2D eigenvalue weighted by Crippen LogP contribution is -2.34. The smallest absolute Gasteiger partial charge is 0.0713 e. The van der Waals surface area contributed by atoms with E-state index in [1.165, 1.54) is 11.1 Å². The van der Waals surface area contributed by atoms with Crippen LogP contribution in [0, 0.1) is 0 Å². The van der Waals surface area contributed by atoms with Crippen molar-refractivity contribution in [2.24, 2.45) is 5.73 Å². The largest absolute Gasteiger partial charge is 0.380 e. The second-order valence-corrected chi connectivity index (χ2v) is 4.42.